The van der Waals surface area contributed by atoms with E-state index in [9.17, 15) is 9.59 Å². The highest BCUT2D eigenvalue weighted by molar-refractivity contribution is 9.10. The lowest BCUT2D eigenvalue weighted by Crippen LogP contribution is -2.27. The lowest BCUT2D eigenvalue weighted by molar-refractivity contribution is -0.116. The third kappa shape index (κ3) is 4.21. The molecule has 0 aromatic heterocycles. The van der Waals surface area contributed by atoms with Gasteiger partial charge in [0.05, 0.1) is 15.4 Å². The van der Waals surface area contributed by atoms with Crippen LogP contribution in [0.4, 0.5) is 5.69 Å². The number of nitrogens with zero attached hydrogens (tertiary/aromatic N) is 1. The van der Waals surface area contributed by atoms with Gasteiger partial charge in [0, 0.05) is 19.8 Å². The number of benzene rings is 1. The van der Waals surface area contributed by atoms with Gasteiger partial charge in [0.15, 0.2) is 0 Å². The first-order valence-electron chi connectivity index (χ1n) is 6.20. The Labute approximate surface area is 132 Å². The smallest absolute Gasteiger partial charge is 0.254 e. The van der Waals surface area contributed by atoms with Gasteiger partial charge in [-0.05, 0) is 24.1 Å². The van der Waals surface area contributed by atoms with Crippen molar-refractivity contribution in [3.05, 3.63) is 28.8 Å². The van der Waals surface area contributed by atoms with Crippen LogP contribution in [0.2, 0.25) is 5.02 Å². The van der Waals surface area contributed by atoms with Crippen LogP contribution in [0.3, 0.4) is 0 Å². The summed E-state index contributed by atoms with van der Waals surface area (Å²) < 4.78 is 0. The van der Waals surface area contributed by atoms with E-state index >= 15 is 0 Å². The fourth-order valence-electron chi connectivity index (χ4n) is 1.52. The Morgan fingerprint density at radius 1 is 1.30 bits per heavy atom. The molecule has 6 heteroatoms. The predicted molar refractivity (Wildman–Crippen MR) is 85.7 cm³/mol. The van der Waals surface area contributed by atoms with Crippen LogP contribution in [0.1, 0.15) is 24.2 Å². The molecule has 0 aliphatic rings. The number of hydrogen-bond donors (Lipinski definition) is 1. The Balaban J connectivity index is 2.96. The fraction of sp³-hybridized carbons (Fsp3) is 0.429. The molecule has 0 heterocycles. The monoisotopic (exact) mass is 360 g/mol. The van der Waals surface area contributed by atoms with E-state index < -0.39 is 0 Å². The Morgan fingerprint density at radius 2 is 1.90 bits per heavy atom. The zero-order valence-electron chi connectivity index (χ0n) is 11.9. The topological polar surface area (TPSA) is 49.4 Å². The standard InChI is InChI=1S/C14H18BrClN2O2/c1-8(2)12(15)13(19)17-9-5-6-11(16)10(7-9)14(20)18(3)4/h5-8,12H,1-4H3,(H,17,19). The number of nitrogens with one attached hydrogen (secondary N) is 1. The van der Waals surface area contributed by atoms with Crippen LogP contribution in [0, 0.1) is 5.92 Å². The molecule has 0 bridgehead atoms. The third-order valence-corrected chi connectivity index (χ3v) is 4.51. The Kier molecular flexibility index (Phi) is 6.02. The van der Waals surface area contributed by atoms with Crippen LogP contribution >= 0.6 is 27.5 Å². The van der Waals surface area contributed by atoms with Gasteiger partial charge >= 0.3 is 0 Å². The molecular formula is C14H18BrClN2O2. The summed E-state index contributed by atoms with van der Waals surface area (Å²) in [5, 5.41) is 3.13. The van der Waals surface area contributed by atoms with Crippen molar-refractivity contribution < 1.29 is 9.59 Å². The van der Waals surface area contributed by atoms with Gasteiger partial charge in [-0.3, -0.25) is 9.59 Å². The Hall–Kier alpha value is -1.07. The first-order valence-corrected chi connectivity index (χ1v) is 7.49. The van der Waals surface area contributed by atoms with Crippen molar-refractivity contribution in [3.63, 3.8) is 0 Å². The second-order valence-corrected chi connectivity index (χ2v) is 6.42. The SMILES string of the molecule is CC(C)C(Br)C(=O)Nc1ccc(Cl)c(C(=O)N(C)C)c1. The number of carbonyl (C=O) groups is 2. The van der Waals surface area contributed by atoms with Crippen LogP contribution in [0.5, 0.6) is 0 Å². The molecular weight excluding hydrogens is 344 g/mol. The molecule has 1 aromatic carbocycles. The summed E-state index contributed by atoms with van der Waals surface area (Å²) in [6.07, 6.45) is 0. The molecule has 0 saturated heterocycles. The van der Waals surface area contributed by atoms with Crippen molar-refractivity contribution in [2.45, 2.75) is 18.7 Å². The maximum atomic E-state index is 12.0. The zero-order valence-corrected chi connectivity index (χ0v) is 14.2. The van der Waals surface area contributed by atoms with Gasteiger partial charge in [-0.25, -0.2) is 0 Å². The number of halogens is 2. The number of anilines is 1. The molecule has 110 valence electrons. The second-order valence-electron chi connectivity index (χ2n) is 5.03. The summed E-state index contributed by atoms with van der Waals surface area (Å²) in [7, 11) is 3.30. The van der Waals surface area contributed by atoms with Crippen LogP contribution in [-0.2, 0) is 4.79 Å². The molecule has 0 radical (unpaired) electrons. The highest BCUT2D eigenvalue weighted by Gasteiger charge is 2.19. The van der Waals surface area contributed by atoms with Crippen molar-refractivity contribution in [3.8, 4) is 0 Å². The van der Waals surface area contributed by atoms with Crippen molar-refractivity contribution in [1.29, 1.82) is 0 Å². The van der Waals surface area contributed by atoms with E-state index in [1.54, 1.807) is 32.3 Å². The average Bonchev–Trinajstić information content (AvgIpc) is 2.38. The minimum atomic E-state index is -0.286. The first-order chi connectivity index (χ1) is 9.23. The van der Waals surface area contributed by atoms with Crippen LogP contribution < -0.4 is 5.32 Å². The Bertz CT molecular complexity index is 518. The number of rotatable bonds is 4. The first kappa shape index (κ1) is 17.0. The molecule has 2 amide bonds. The van der Waals surface area contributed by atoms with Gasteiger partial charge in [0.25, 0.3) is 5.91 Å². The van der Waals surface area contributed by atoms with E-state index in [2.05, 4.69) is 21.2 Å². The normalized spacial score (nSPS) is 12.2. The molecule has 1 unspecified atom stereocenters. The highest BCUT2D eigenvalue weighted by atomic mass is 79.9. The summed E-state index contributed by atoms with van der Waals surface area (Å²) >= 11 is 9.35. The molecule has 0 saturated carbocycles. The molecule has 0 aliphatic heterocycles. The van der Waals surface area contributed by atoms with E-state index in [-0.39, 0.29) is 22.6 Å². The minimum absolute atomic E-state index is 0.148. The van der Waals surface area contributed by atoms with Crippen LogP contribution in [0.25, 0.3) is 0 Å². The van der Waals surface area contributed by atoms with Crippen LogP contribution in [-0.4, -0.2) is 35.6 Å². The number of alkyl halides is 1. The maximum Gasteiger partial charge on any atom is 0.254 e. The molecule has 0 spiro atoms. The average molecular weight is 362 g/mol. The quantitative estimate of drug-likeness (QED) is 0.836. The molecule has 4 nitrogen and oxygen atoms in total. The van der Waals surface area contributed by atoms with Crippen molar-refractivity contribution in [2.24, 2.45) is 5.92 Å². The molecule has 1 atom stereocenters. The largest absolute Gasteiger partial charge is 0.345 e. The van der Waals surface area contributed by atoms with Gasteiger partial charge in [-0.15, -0.1) is 0 Å². The predicted octanol–water partition coefficient (Wildman–Crippen LogP) is 3.40. The van der Waals surface area contributed by atoms with E-state index in [1.165, 1.54) is 4.90 Å². The summed E-state index contributed by atoms with van der Waals surface area (Å²) in [5.74, 6) is -0.180. The minimum Gasteiger partial charge on any atom is -0.345 e. The molecule has 20 heavy (non-hydrogen) atoms. The number of carbonyl (C=O) groups excluding carboxylic acids is 2. The van der Waals surface area contributed by atoms with Crippen LogP contribution in [0.15, 0.2) is 18.2 Å². The van der Waals surface area contributed by atoms with E-state index in [1.807, 2.05) is 13.8 Å². The van der Waals surface area contributed by atoms with Gasteiger partial charge in [0.1, 0.15) is 0 Å². The maximum absolute atomic E-state index is 12.0. The third-order valence-electron chi connectivity index (χ3n) is 2.71. The van der Waals surface area contributed by atoms with Gasteiger partial charge in [-0.1, -0.05) is 41.4 Å². The fourth-order valence-corrected chi connectivity index (χ4v) is 1.83. The lowest BCUT2D eigenvalue weighted by Gasteiger charge is -2.16. The zero-order chi connectivity index (χ0) is 15.4. The summed E-state index contributed by atoms with van der Waals surface area (Å²) in [4.78, 5) is 25.1. The van der Waals surface area contributed by atoms with Gasteiger partial charge < -0.3 is 10.2 Å². The van der Waals surface area contributed by atoms with Crippen molar-refractivity contribution in [1.82, 2.24) is 4.90 Å². The summed E-state index contributed by atoms with van der Waals surface area (Å²) in [6, 6.07) is 4.86. The van der Waals surface area contributed by atoms with Gasteiger partial charge in [0.2, 0.25) is 5.91 Å². The lowest BCUT2D eigenvalue weighted by atomic mass is 10.1. The van der Waals surface area contributed by atoms with E-state index in [0.29, 0.717) is 16.3 Å². The van der Waals surface area contributed by atoms with Crippen molar-refractivity contribution >= 4 is 45.0 Å². The van der Waals surface area contributed by atoms with E-state index in [0.717, 1.165) is 0 Å². The van der Waals surface area contributed by atoms with Crippen molar-refractivity contribution in [2.75, 3.05) is 19.4 Å². The molecule has 1 aromatic rings. The molecule has 0 fully saturated rings. The Morgan fingerprint density at radius 3 is 2.40 bits per heavy atom. The second kappa shape index (κ2) is 7.09. The molecule has 1 N–H and O–H groups in total. The number of amides is 2. The number of hydrogen-bond acceptors (Lipinski definition) is 2. The summed E-state index contributed by atoms with van der Waals surface area (Å²) in [6.45, 7) is 3.89. The van der Waals surface area contributed by atoms with Gasteiger partial charge in [-0.2, -0.15) is 0 Å². The highest BCUT2D eigenvalue weighted by Crippen LogP contribution is 2.23. The summed E-state index contributed by atoms with van der Waals surface area (Å²) in [5.41, 5.74) is 0.917. The molecule has 0 aliphatic carbocycles. The van der Waals surface area contributed by atoms with E-state index in [4.69, 9.17) is 11.6 Å². The molecule has 1 rings (SSSR count).